The van der Waals surface area contributed by atoms with Crippen molar-refractivity contribution in [2.24, 2.45) is 0 Å². The van der Waals surface area contributed by atoms with Crippen molar-refractivity contribution in [3.8, 4) is 34.2 Å². The summed E-state index contributed by atoms with van der Waals surface area (Å²) in [4.78, 5) is 10.6. The van der Waals surface area contributed by atoms with Crippen molar-refractivity contribution < 1.29 is 13.9 Å². The Labute approximate surface area is 184 Å². The van der Waals surface area contributed by atoms with Crippen molar-refractivity contribution in [1.82, 2.24) is 14.4 Å². The molecule has 4 aromatic rings. The molecule has 4 heterocycles. The van der Waals surface area contributed by atoms with E-state index in [1.807, 2.05) is 27.5 Å². The van der Waals surface area contributed by atoms with Crippen molar-refractivity contribution in [2.45, 2.75) is 0 Å². The first-order valence-corrected chi connectivity index (χ1v) is 10.2. The maximum atomic E-state index is 15.2. The van der Waals surface area contributed by atoms with Gasteiger partial charge in [-0.2, -0.15) is 5.26 Å². The number of nitrogens with zero attached hydrogens (tertiary/aromatic N) is 5. The van der Waals surface area contributed by atoms with E-state index in [4.69, 9.17) is 14.7 Å². The Bertz CT molecular complexity index is 1320. The molecule has 3 aromatic heterocycles. The number of fused-ring (bicyclic) bond motifs is 1. The first-order chi connectivity index (χ1) is 15.7. The Morgan fingerprint density at radius 2 is 1.88 bits per heavy atom. The van der Waals surface area contributed by atoms with Crippen LogP contribution in [0.2, 0.25) is 0 Å². The molecular weight excluding hydrogens is 409 g/mol. The fourth-order valence-corrected chi connectivity index (χ4v) is 4.03. The zero-order valence-electron chi connectivity index (χ0n) is 17.5. The molecule has 0 saturated carbocycles. The first-order valence-electron chi connectivity index (χ1n) is 10.2. The van der Waals surface area contributed by atoms with Gasteiger partial charge in [0.25, 0.3) is 0 Å². The number of rotatable bonds is 4. The molecule has 5 rings (SSSR count). The number of morpholine rings is 1. The summed E-state index contributed by atoms with van der Waals surface area (Å²) in [6, 6.07) is 12.8. The summed E-state index contributed by atoms with van der Waals surface area (Å²) in [7, 11) is 1.60. The maximum absolute atomic E-state index is 15.2. The Morgan fingerprint density at radius 3 is 2.56 bits per heavy atom. The van der Waals surface area contributed by atoms with Crippen LogP contribution in [-0.4, -0.2) is 47.8 Å². The van der Waals surface area contributed by atoms with Crippen LogP contribution in [0.1, 0.15) is 5.56 Å². The summed E-state index contributed by atoms with van der Waals surface area (Å²) in [5.41, 5.74) is 4.36. The number of methoxy groups -OCH3 is 1. The largest absolute Gasteiger partial charge is 0.494 e. The van der Waals surface area contributed by atoms with Gasteiger partial charge in [0.2, 0.25) is 0 Å². The number of halogens is 1. The third-order valence-corrected chi connectivity index (χ3v) is 5.61. The lowest BCUT2D eigenvalue weighted by atomic mass is 9.98. The minimum atomic E-state index is -0.390. The molecule has 1 aliphatic rings. The van der Waals surface area contributed by atoms with E-state index in [0.29, 0.717) is 49.0 Å². The van der Waals surface area contributed by atoms with Gasteiger partial charge in [-0.3, -0.25) is 4.40 Å². The smallest absolute Gasteiger partial charge is 0.166 e. The van der Waals surface area contributed by atoms with Gasteiger partial charge >= 0.3 is 0 Å². The van der Waals surface area contributed by atoms with Crippen molar-refractivity contribution in [1.29, 1.82) is 5.26 Å². The van der Waals surface area contributed by atoms with E-state index in [-0.39, 0.29) is 5.82 Å². The summed E-state index contributed by atoms with van der Waals surface area (Å²) in [6.45, 7) is 2.32. The average molecular weight is 429 g/mol. The molecule has 0 unspecified atom stereocenters. The molecule has 1 fully saturated rings. The highest BCUT2D eigenvalue weighted by atomic mass is 19.1. The van der Waals surface area contributed by atoms with Gasteiger partial charge in [-0.15, -0.1) is 0 Å². The first kappa shape index (κ1) is 20.0. The van der Waals surface area contributed by atoms with Gasteiger partial charge in [-0.05, 0) is 29.8 Å². The quantitative estimate of drug-likeness (QED) is 0.490. The fraction of sp³-hybridized carbons (Fsp3) is 0.208. The van der Waals surface area contributed by atoms with Gasteiger partial charge in [0.05, 0.1) is 50.2 Å². The standard InChI is InChI=1S/C24H20FN5O2/c1-31-22-11-19(17-4-2-16(12-26)3-5-17)23(30-15-27-14-21(22)30)18-10-20(25)24(28-13-18)29-6-8-32-9-7-29/h2-5,10-11,13-15H,6-9H2,1H3. The van der Waals surface area contributed by atoms with Gasteiger partial charge in [0.15, 0.2) is 11.6 Å². The van der Waals surface area contributed by atoms with Crippen molar-refractivity contribution >= 4 is 11.3 Å². The minimum absolute atomic E-state index is 0.326. The SMILES string of the molecule is COc1cc(-c2ccc(C#N)cc2)c(-c2cnc(N3CCOCC3)c(F)c2)n2cncc12. The van der Waals surface area contributed by atoms with E-state index in [1.54, 1.807) is 38.0 Å². The lowest BCUT2D eigenvalue weighted by Gasteiger charge is -2.28. The highest BCUT2D eigenvalue weighted by Gasteiger charge is 2.21. The second-order valence-corrected chi connectivity index (χ2v) is 7.44. The molecule has 0 atom stereocenters. The zero-order valence-corrected chi connectivity index (χ0v) is 17.5. The molecule has 7 nitrogen and oxygen atoms in total. The number of anilines is 1. The molecule has 0 radical (unpaired) electrons. The Balaban J connectivity index is 1.69. The molecule has 32 heavy (non-hydrogen) atoms. The van der Waals surface area contributed by atoms with Crippen LogP contribution < -0.4 is 9.64 Å². The Kier molecular flexibility index (Phi) is 5.17. The Morgan fingerprint density at radius 1 is 1.09 bits per heavy atom. The van der Waals surface area contributed by atoms with Crippen LogP contribution in [0.25, 0.3) is 27.9 Å². The molecule has 160 valence electrons. The van der Waals surface area contributed by atoms with E-state index >= 15 is 4.39 Å². The topological polar surface area (TPSA) is 75.7 Å². The van der Waals surface area contributed by atoms with Crippen LogP contribution in [0.4, 0.5) is 10.2 Å². The lowest BCUT2D eigenvalue weighted by Crippen LogP contribution is -2.37. The molecule has 1 aromatic carbocycles. The Hall–Kier alpha value is -3.96. The average Bonchev–Trinajstić information content (AvgIpc) is 3.33. The highest BCUT2D eigenvalue weighted by Crippen LogP contribution is 2.38. The second-order valence-electron chi connectivity index (χ2n) is 7.44. The summed E-state index contributed by atoms with van der Waals surface area (Å²) in [6.07, 6.45) is 5.06. The molecule has 0 amide bonds. The van der Waals surface area contributed by atoms with Crippen molar-refractivity contribution in [3.05, 3.63) is 66.5 Å². The summed E-state index contributed by atoms with van der Waals surface area (Å²) >= 11 is 0. The van der Waals surface area contributed by atoms with Gasteiger partial charge in [0.1, 0.15) is 11.3 Å². The molecule has 1 saturated heterocycles. The van der Waals surface area contributed by atoms with Crippen LogP contribution in [-0.2, 0) is 4.74 Å². The van der Waals surface area contributed by atoms with Crippen LogP contribution >= 0.6 is 0 Å². The number of benzene rings is 1. The molecule has 0 aliphatic carbocycles. The van der Waals surface area contributed by atoms with E-state index in [9.17, 15) is 0 Å². The van der Waals surface area contributed by atoms with Crippen molar-refractivity contribution in [3.63, 3.8) is 0 Å². The minimum Gasteiger partial charge on any atom is -0.494 e. The van der Waals surface area contributed by atoms with Crippen LogP contribution in [0.3, 0.4) is 0 Å². The van der Waals surface area contributed by atoms with Crippen LogP contribution in [0, 0.1) is 17.1 Å². The molecule has 1 aliphatic heterocycles. The lowest BCUT2D eigenvalue weighted by molar-refractivity contribution is 0.122. The number of hydrogen-bond donors (Lipinski definition) is 0. The number of pyridine rings is 2. The second kappa shape index (κ2) is 8.29. The van der Waals surface area contributed by atoms with Gasteiger partial charge in [0, 0.05) is 30.4 Å². The van der Waals surface area contributed by atoms with Crippen molar-refractivity contribution in [2.75, 3.05) is 38.3 Å². The van der Waals surface area contributed by atoms with E-state index < -0.39 is 0 Å². The van der Waals surface area contributed by atoms with Crippen LogP contribution in [0.5, 0.6) is 5.75 Å². The van der Waals surface area contributed by atoms with E-state index in [0.717, 1.165) is 22.3 Å². The monoisotopic (exact) mass is 429 g/mol. The summed E-state index contributed by atoms with van der Waals surface area (Å²) in [5, 5.41) is 9.15. The van der Waals surface area contributed by atoms with Crippen LogP contribution in [0.15, 0.2) is 55.1 Å². The number of hydrogen-bond acceptors (Lipinski definition) is 6. The molecule has 0 N–H and O–H groups in total. The third kappa shape index (κ3) is 3.43. The fourth-order valence-electron chi connectivity index (χ4n) is 4.03. The number of imidazole rings is 1. The summed E-state index contributed by atoms with van der Waals surface area (Å²) < 4.78 is 28.0. The zero-order chi connectivity index (χ0) is 22.1. The number of ether oxygens (including phenoxy) is 2. The van der Waals surface area contributed by atoms with E-state index in [1.165, 1.54) is 6.07 Å². The normalized spacial score (nSPS) is 13.8. The van der Waals surface area contributed by atoms with Gasteiger partial charge < -0.3 is 14.4 Å². The predicted octanol–water partition coefficient (Wildman–Crippen LogP) is 3.92. The number of nitriles is 1. The molecular formula is C24H20FN5O2. The molecule has 0 bridgehead atoms. The molecule has 0 spiro atoms. The van der Waals surface area contributed by atoms with Gasteiger partial charge in [-0.1, -0.05) is 12.1 Å². The molecule has 8 heteroatoms. The third-order valence-electron chi connectivity index (χ3n) is 5.61. The predicted molar refractivity (Wildman–Crippen MR) is 118 cm³/mol. The highest BCUT2D eigenvalue weighted by molar-refractivity contribution is 5.86. The number of aromatic nitrogens is 3. The van der Waals surface area contributed by atoms with Gasteiger partial charge in [-0.25, -0.2) is 14.4 Å². The summed E-state index contributed by atoms with van der Waals surface area (Å²) in [5.74, 6) is 0.579. The van der Waals surface area contributed by atoms with E-state index in [2.05, 4.69) is 16.0 Å². The maximum Gasteiger partial charge on any atom is 0.166 e.